The zero-order valence-corrected chi connectivity index (χ0v) is 20.7. The van der Waals surface area contributed by atoms with E-state index in [1.54, 1.807) is 0 Å². The predicted octanol–water partition coefficient (Wildman–Crippen LogP) is 3.70. The average Bonchev–Trinajstić information content (AvgIpc) is 2.89. The van der Waals surface area contributed by atoms with Crippen LogP contribution in [0.5, 0.6) is 11.5 Å². The number of hydrogen-bond acceptors (Lipinski definition) is 7. The average molecular weight is 485 g/mol. The standard InChI is InChI=1S/C28H40N2O5/c1-2-10-28-27(9-1)29-21-23-5-3-7-25(19-23)34-17-15-32-13-11-31-12-14-33-16-18-35-26-8-4-6-24(20-26)22-30-28/h3-8,19-20,27-30H,1-2,9-18,21-22H2/t27-,28-/m1/s1. The molecule has 0 unspecified atom stereocenters. The van der Waals surface area contributed by atoms with Crippen LogP contribution in [0.2, 0.25) is 0 Å². The van der Waals surface area contributed by atoms with Gasteiger partial charge in [0.05, 0.1) is 39.6 Å². The number of rotatable bonds is 0. The molecule has 1 aliphatic carbocycles. The fraction of sp³-hybridized carbons (Fsp3) is 0.571. The SMILES string of the molecule is c1cc2cc(c1)OCCOCCOCCOCCOc1cccc(c1)CN[C@@H]1CCCC[C@H]1NC2. The second-order valence-corrected chi connectivity index (χ2v) is 9.09. The zero-order chi connectivity index (χ0) is 24.0. The summed E-state index contributed by atoms with van der Waals surface area (Å²) in [5.41, 5.74) is 2.47. The highest BCUT2D eigenvalue weighted by atomic mass is 16.6. The lowest BCUT2D eigenvalue weighted by atomic mass is 9.90. The van der Waals surface area contributed by atoms with Crippen LogP contribution >= 0.6 is 0 Å². The molecule has 0 saturated heterocycles. The van der Waals surface area contributed by atoms with Crippen molar-refractivity contribution in [3.8, 4) is 11.5 Å². The van der Waals surface area contributed by atoms with Crippen molar-refractivity contribution in [2.75, 3.05) is 52.9 Å². The number of fused-ring (bicyclic) bond motifs is 5. The van der Waals surface area contributed by atoms with Crippen molar-refractivity contribution < 1.29 is 23.7 Å². The first-order valence-electron chi connectivity index (χ1n) is 13.0. The van der Waals surface area contributed by atoms with Crippen LogP contribution in [0.25, 0.3) is 0 Å². The number of hydrogen-bond donors (Lipinski definition) is 2. The van der Waals surface area contributed by atoms with Crippen LogP contribution < -0.4 is 20.1 Å². The van der Waals surface area contributed by atoms with E-state index < -0.39 is 0 Å². The van der Waals surface area contributed by atoms with Gasteiger partial charge in [-0.3, -0.25) is 0 Å². The Morgan fingerprint density at radius 1 is 0.543 bits per heavy atom. The fourth-order valence-corrected chi connectivity index (χ4v) is 4.59. The van der Waals surface area contributed by atoms with Gasteiger partial charge in [0.2, 0.25) is 0 Å². The Balaban J connectivity index is 1.35. The minimum absolute atomic E-state index is 0.454. The first-order valence-corrected chi connectivity index (χ1v) is 13.0. The Morgan fingerprint density at radius 3 is 1.43 bits per heavy atom. The van der Waals surface area contributed by atoms with Gasteiger partial charge in [-0.15, -0.1) is 0 Å². The minimum Gasteiger partial charge on any atom is -0.491 e. The lowest BCUT2D eigenvalue weighted by Crippen LogP contribution is -2.49. The molecule has 7 nitrogen and oxygen atoms in total. The first kappa shape index (κ1) is 25.9. The van der Waals surface area contributed by atoms with E-state index in [2.05, 4.69) is 47.0 Å². The molecule has 1 fully saturated rings. The monoisotopic (exact) mass is 484 g/mol. The summed E-state index contributed by atoms with van der Waals surface area (Å²) in [6.45, 7) is 5.97. The van der Waals surface area contributed by atoms with Gasteiger partial charge in [0.15, 0.2) is 0 Å². The van der Waals surface area contributed by atoms with Crippen molar-refractivity contribution in [1.82, 2.24) is 10.6 Å². The van der Waals surface area contributed by atoms with Crippen LogP contribution in [-0.2, 0) is 27.3 Å². The lowest BCUT2D eigenvalue weighted by molar-refractivity contribution is 0.00498. The van der Waals surface area contributed by atoms with Crippen molar-refractivity contribution in [3.63, 3.8) is 0 Å². The van der Waals surface area contributed by atoms with E-state index in [4.69, 9.17) is 23.7 Å². The Bertz CT molecular complexity index is 795. The summed E-state index contributed by atoms with van der Waals surface area (Å²) in [6, 6.07) is 17.6. The molecule has 0 amide bonds. The summed E-state index contributed by atoms with van der Waals surface area (Å²) < 4.78 is 28.5. The molecule has 0 spiro atoms. The van der Waals surface area contributed by atoms with Crippen molar-refractivity contribution in [1.29, 1.82) is 0 Å². The molecule has 4 bridgehead atoms. The van der Waals surface area contributed by atoms with Crippen LogP contribution in [0.4, 0.5) is 0 Å². The van der Waals surface area contributed by atoms with Crippen LogP contribution in [0.15, 0.2) is 48.5 Å². The molecule has 1 saturated carbocycles. The third kappa shape index (κ3) is 9.43. The van der Waals surface area contributed by atoms with Gasteiger partial charge in [0.25, 0.3) is 0 Å². The van der Waals surface area contributed by atoms with E-state index in [0.717, 1.165) is 24.6 Å². The summed E-state index contributed by atoms with van der Waals surface area (Å²) in [5, 5.41) is 7.60. The highest BCUT2D eigenvalue weighted by Gasteiger charge is 2.24. The van der Waals surface area contributed by atoms with Crippen LogP contribution in [0.3, 0.4) is 0 Å². The minimum atomic E-state index is 0.454. The van der Waals surface area contributed by atoms with E-state index in [1.807, 2.05) is 12.1 Å². The molecule has 1 aliphatic heterocycles. The lowest BCUT2D eigenvalue weighted by Gasteiger charge is -2.33. The molecule has 2 N–H and O–H groups in total. The fourth-order valence-electron chi connectivity index (χ4n) is 4.59. The second-order valence-electron chi connectivity index (χ2n) is 9.09. The number of ether oxygens (including phenoxy) is 5. The maximum Gasteiger partial charge on any atom is 0.119 e. The van der Waals surface area contributed by atoms with Crippen molar-refractivity contribution in [2.24, 2.45) is 0 Å². The molecule has 2 atom stereocenters. The van der Waals surface area contributed by atoms with Crippen LogP contribution in [0.1, 0.15) is 36.8 Å². The molecule has 7 heteroatoms. The van der Waals surface area contributed by atoms with Gasteiger partial charge in [-0.05, 0) is 48.2 Å². The summed E-state index contributed by atoms with van der Waals surface area (Å²) in [7, 11) is 0. The van der Waals surface area contributed by atoms with Crippen molar-refractivity contribution in [2.45, 2.75) is 50.9 Å². The summed E-state index contributed by atoms with van der Waals surface area (Å²) in [4.78, 5) is 0. The highest BCUT2D eigenvalue weighted by Crippen LogP contribution is 2.21. The van der Waals surface area contributed by atoms with E-state index >= 15 is 0 Å². The molecule has 2 aromatic rings. The van der Waals surface area contributed by atoms with E-state index in [-0.39, 0.29) is 0 Å². The van der Waals surface area contributed by atoms with Crippen LogP contribution in [-0.4, -0.2) is 64.9 Å². The Hall–Kier alpha value is -2.16. The molecule has 35 heavy (non-hydrogen) atoms. The molecule has 0 radical (unpaired) electrons. The maximum absolute atomic E-state index is 5.89. The van der Waals surface area contributed by atoms with Gasteiger partial charge in [0, 0.05) is 25.2 Å². The van der Waals surface area contributed by atoms with Gasteiger partial charge in [-0.25, -0.2) is 0 Å². The zero-order valence-electron chi connectivity index (χ0n) is 20.7. The van der Waals surface area contributed by atoms with Gasteiger partial charge in [0.1, 0.15) is 24.7 Å². The first-order chi connectivity index (χ1) is 17.4. The van der Waals surface area contributed by atoms with Crippen LogP contribution in [0, 0.1) is 0 Å². The summed E-state index contributed by atoms with van der Waals surface area (Å²) >= 11 is 0. The molecule has 2 aliphatic rings. The van der Waals surface area contributed by atoms with Crippen molar-refractivity contribution in [3.05, 3.63) is 59.7 Å². The predicted molar refractivity (Wildman–Crippen MR) is 136 cm³/mol. The van der Waals surface area contributed by atoms with E-state index in [0.29, 0.717) is 64.9 Å². The molecular formula is C28H40N2O5. The number of nitrogens with one attached hydrogen (secondary N) is 2. The van der Waals surface area contributed by atoms with E-state index in [1.165, 1.54) is 36.8 Å². The quantitative estimate of drug-likeness (QED) is 0.591. The topological polar surface area (TPSA) is 70.2 Å². The maximum atomic E-state index is 5.89. The molecule has 0 aromatic heterocycles. The third-order valence-electron chi connectivity index (χ3n) is 6.44. The van der Waals surface area contributed by atoms with Gasteiger partial charge >= 0.3 is 0 Å². The summed E-state index contributed by atoms with van der Waals surface area (Å²) in [6.07, 6.45) is 4.93. The number of benzene rings is 2. The van der Waals surface area contributed by atoms with Crippen molar-refractivity contribution >= 4 is 0 Å². The Kier molecular flexibility index (Phi) is 11.2. The molecule has 4 rings (SSSR count). The Labute approximate surface area is 209 Å². The molecular weight excluding hydrogens is 444 g/mol. The van der Waals surface area contributed by atoms with Gasteiger partial charge < -0.3 is 34.3 Å². The second kappa shape index (κ2) is 15.1. The Morgan fingerprint density at radius 2 is 0.971 bits per heavy atom. The summed E-state index contributed by atoms with van der Waals surface area (Å²) in [5.74, 6) is 1.76. The van der Waals surface area contributed by atoms with Gasteiger partial charge in [-0.2, -0.15) is 0 Å². The molecule has 192 valence electrons. The largest absolute Gasteiger partial charge is 0.491 e. The van der Waals surface area contributed by atoms with Gasteiger partial charge in [-0.1, -0.05) is 37.1 Å². The normalized spacial score (nSPS) is 24.0. The smallest absolute Gasteiger partial charge is 0.119 e. The van der Waals surface area contributed by atoms with E-state index in [9.17, 15) is 0 Å². The highest BCUT2D eigenvalue weighted by molar-refractivity contribution is 5.29. The third-order valence-corrected chi connectivity index (χ3v) is 6.44. The molecule has 1 heterocycles. The molecule has 2 aromatic carbocycles.